The summed E-state index contributed by atoms with van der Waals surface area (Å²) in [6, 6.07) is 15.2. The molecular formula is C23H22ClN7O. The van der Waals surface area contributed by atoms with Gasteiger partial charge in [0, 0.05) is 25.7 Å². The zero-order valence-corrected chi connectivity index (χ0v) is 18.3. The summed E-state index contributed by atoms with van der Waals surface area (Å²) in [5, 5.41) is 15.3. The normalized spacial score (nSPS) is 14.0. The molecular weight excluding hydrogens is 426 g/mol. The maximum absolute atomic E-state index is 11.4. The third-order valence-electron chi connectivity index (χ3n) is 5.38. The second kappa shape index (κ2) is 9.62. The Morgan fingerprint density at radius 2 is 1.91 bits per heavy atom. The van der Waals surface area contributed by atoms with Gasteiger partial charge in [0.1, 0.15) is 6.33 Å². The minimum Gasteiger partial charge on any atom is -0.341 e. The Morgan fingerprint density at radius 1 is 1.16 bits per heavy atom. The Labute approximate surface area is 191 Å². The highest BCUT2D eigenvalue weighted by molar-refractivity contribution is 6.33. The number of carbonyl (C=O) groups is 1. The van der Waals surface area contributed by atoms with Crippen LogP contribution in [0.1, 0.15) is 36.8 Å². The van der Waals surface area contributed by atoms with E-state index in [1.807, 2.05) is 24.3 Å². The molecule has 1 aliphatic heterocycles. The Bertz CT molecular complexity index is 1150. The second-order valence-corrected chi connectivity index (χ2v) is 8.01. The third kappa shape index (κ3) is 5.13. The van der Waals surface area contributed by atoms with Crippen LogP contribution in [-0.2, 0) is 4.79 Å². The average molecular weight is 448 g/mol. The summed E-state index contributed by atoms with van der Waals surface area (Å²) in [4.78, 5) is 26.6. The molecule has 1 aliphatic rings. The lowest BCUT2D eigenvalue weighted by atomic mass is 9.89. The van der Waals surface area contributed by atoms with Gasteiger partial charge in [0.2, 0.25) is 17.8 Å². The van der Waals surface area contributed by atoms with E-state index in [4.69, 9.17) is 16.9 Å². The number of carbonyl (C=O) groups excluding carboxylic acids is 1. The molecule has 3 aromatic rings. The zero-order chi connectivity index (χ0) is 22.5. The standard InChI is InChI=1S/C23H22ClN7O/c1-15(32)28-21-12-19(6-7-20(21)24)29-22-26-14-27-23(30-22)31-10-8-18(9-11-31)17-4-2-16(13-25)3-5-17/h2-7,12,14,18H,8-11H2,1H3,(H,28,32)(H,26,27,29,30). The molecule has 1 amide bonds. The molecule has 0 aliphatic carbocycles. The van der Waals surface area contributed by atoms with E-state index in [0.29, 0.717) is 39.8 Å². The molecule has 32 heavy (non-hydrogen) atoms. The first-order valence-electron chi connectivity index (χ1n) is 10.3. The Kier molecular flexibility index (Phi) is 6.47. The van der Waals surface area contributed by atoms with Gasteiger partial charge in [-0.15, -0.1) is 0 Å². The molecule has 1 saturated heterocycles. The van der Waals surface area contributed by atoms with Gasteiger partial charge < -0.3 is 15.5 Å². The van der Waals surface area contributed by atoms with Crippen molar-refractivity contribution in [2.45, 2.75) is 25.7 Å². The largest absolute Gasteiger partial charge is 0.341 e. The fraction of sp³-hybridized carbons (Fsp3) is 0.261. The number of hydrogen-bond donors (Lipinski definition) is 2. The van der Waals surface area contributed by atoms with Crippen LogP contribution in [0.4, 0.5) is 23.3 Å². The highest BCUT2D eigenvalue weighted by Crippen LogP contribution is 2.30. The SMILES string of the molecule is CC(=O)Nc1cc(Nc2ncnc(N3CCC(c4ccc(C#N)cc4)CC3)n2)ccc1Cl. The summed E-state index contributed by atoms with van der Waals surface area (Å²) >= 11 is 6.14. The fourth-order valence-electron chi connectivity index (χ4n) is 3.76. The van der Waals surface area contributed by atoms with Crippen molar-refractivity contribution < 1.29 is 4.79 Å². The summed E-state index contributed by atoms with van der Waals surface area (Å²) in [5.41, 5.74) is 3.17. The number of aromatic nitrogens is 3. The number of rotatable bonds is 5. The van der Waals surface area contributed by atoms with Crippen LogP contribution in [0.15, 0.2) is 48.8 Å². The van der Waals surface area contributed by atoms with Gasteiger partial charge in [-0.3, -0.25) is 4.79 Å². The van der Waals surface area contributed by atoms with E-state index in [2.05, 4.69) is 36.6 Å². The number of nitrogens with one attached hydrogen (secondary N) is 2. The molecule has 0 bridgehead atoms. The molecule has 0 spiro atoms. The Balaban J connectivity index is 1.41. The lowest BCUT2D eigenvalue weighted by Crippen LogP contribution is -2.34. The second-order valence-electron chi connectivity index (χ2n) is 7.61. The zero-order valence-electron chi connectivity index (χ0n) is 17.5. The first kappa shape index (κ1) is 21.5. The number of benzene rings is 2. The summed E-state index contributed by atoms with van der Waals surface area (Å²) in [5.74, 6) is 1.30. The lowest BCUT2D eigenvalue weighted by molar-refractivity contribution is -0.114. The summed E-state index contributed by atoms with van der Waals surface area (Å²) in [7, 11) is 0. The molecule has 0 radical (unpaired) electrons. The monoisotopic (exact) mass is 447 g/mol. The van der Waals surface area contributed by atoms with Crippen LogP contribution < -0.4 is 15.5 Å². The van der Waals surface area contributed by atoms with E-state index in [-0.39, 0.29) is 5.91 Å². The van der Waals surface area contributed by atoms with E-state index in [9.17, 15) is 4.79 Å². The number of hydrogen-bond acceptors (Lipinski definition) is 7. The minimum atomic E-state index is -0.198. The van der Waals surface area contributed by atoms with Gasteiger partial charge in [-0.05, 0) is 54.7 Å². The molecule has 2 aromatic carbocycles. The van der Waals surface area contributed by atoms with Crippen LogP contribution in [0.25, 0.3) is 0 Å². The smallest absolute Gasteiger partial charge is 0.231 e. The van der Waals surface area contributed by atoms with Crippen molar-refractivity contribution >= 4 is 40.8 Å². The molecule has 1 fully saturated rings. The molecule has 9 heteroatoms. The highest BCUT2D eigenvalue weighted by atomic mass is 35.5. The van der Waals surface area contributed by atoms with Crippen molar-refractivity contribution in [3.8, 4) is 6.07 Å². The van der Waals surface area contributed by atoms with E-state index < -0.39 is 0 Å². The van der Waals surface area contributed by atoms with E-state index >= 15 is 0 Å². The molecule has 2 heterocycles. The van der Waals surface area contributed by atoms with E-state index in [1.54, 1.807) is 18.2 Å². The first-order valence-corrected chi connectivity index (χ1v) is 10.7. The van der Waals surface area contributed by atoms with E-state index in [1.165, 1.54) is 18.8 Å². The number of anilines is 4. The molecule has 1 aromatic heterocycles. The van der Waals surface area contributed by atoms with Crippen LogP contribution in [-0.4, -0.2) is 33.9 Å². The van der Waals surface area contributed by atoms with E-state index in [0.717, 1.165) is 25.9 Å². The average Bonchev–Trinajstić information content (AvgIpc) is 2.81. The maximum Gasteiger partial charge on any atom is 0.231 e. The number of halogens is 1. The lowest BCUT2D eigenvalue weighted by Gasteiger charge is -2.32. The van der Waals surface area contributed by atoms with Crippen LogP contribution >= 0.6 is 11.6 Å². The summed E-state index contributed by atoms with van der Waals surface area (Å²) in [6.45, 7) is 3.10. The number of nitrogens with zero attached hydrogens (tertiary/aromatic N) is 5. The van der Waals surface area contributed by atoms with Crippen molar-refractivity contribution in [2.24, 2.45) is 0 Å². The Hall–Kier alpha value is -3.70. The molecule has 0 saturated carbocycles. The van der Waals surface area contributed by atoms with Gasteiger partial charge in [-0.2, -0.15) is 10.2 Å². The van der Waals surface area contributed by atoms with Crippen LogP contribution in [0.5, 0.6) is 0 Å². The van der Waals surface area contributed by atoms with Crippen molar-refractivity contribution in [1.29, 1.82) is 5.26 Å². The van der Waals surface area contributed by atoms with Crippen LogP contribution in [0, 0.1) is 11.3 Å². The minimum absolute atomic E-state index is 0.198. The maximum atomic E-state index is 11.4. The number of piperidine rings is 1. The van der Waals surface area contributed by atoms with Gasteiger partial charge in [0.05, 0.1) is 22.3 Å². The van der Waals surface area contributed by atoms with Crippen LogP contribution in [0.3, 0.4) is 0 Å². The molecule has 0 atom stereocenters. The number of nitriles is 1. The summed E-state index contributed by atoms with van der Waals surface area (Å²) < 4.78 is 0. The topological polar surface area (TPSA) is 107 Å². The first-order chi connectivity index (χ1) is 15.5. The van der Waals surface area contributed by atoms with Gasteiger partial charge in [0.15, 0.2) is 0 Å². The van der Waals surface area contributed by atoms with Gasteiger partial charge in [0.25, 0.3) is 0 Å². The molecule has 8 nitrogen and oxygen atoms in total. The van der Waals surface area contributed by atoms with Gasteiger partial charge >= 0.3 is 0 Å². The fourth-order valence-corrected chi connectivity index (χ4v) is 3.93. The molecule has 2 N–H and O–H groups in total. The van der Waals surface area contributed by atoms with Crippen molar-refractivity contribution in [3.63, 3.8) is 0 Å². The highest BCUT2D eigenvalue weighted by Gasteiger charge is 2.22. The summed E-state index contributed by atoms with van der Waals surface area (Å²) in [6.07, 6.45) is 3.46. The van der Waals surface area contributed by atoms with Crippen molar-refractivity contribution in [2.75, 3.05) is 28.6 Å². The Morgan fingerprint density at radius 3 is 2.59 bits per heavy atom. The van der Waals surface area contributed by atoms with Crippen LogP contribution in [0.2, 0.25) is 5.02 Å². The quantitative estimate of drug-likeness (QED) is 0.593. The van der Waals surface area contributed by atoms with Gasteiger partial charge in [-0.1, -0.05) is 23.7 Å². The van der Waals surface area contributed by atoms with Gasteiger partial charge in [-0.25, -0.2) is 9.97 Å². The molecule has 0 unspecified atom stereocenters. The third-order valence-corrected chi connectivity index (χ3v) is 5.71. The molecule has 162 valence electrons. The van der Waals surface area contributed by atoms with Crippen molar-refractivity contribution in [3.05, 3.63) is 64.9 Å². The number of amides is 1. The predicted molar refractivity (Wildman–Crippen MR) is 124 cm³/mol. The predicted octanol–water partition coefficient (Wildman–Crippen LogP) is 4.48. The molecule has 4 rings (SSSR count). The van der Waals surface area contributed by atoms with Crippen molar-refractivity contribution in [1.82, 2.24) is 15.0 Å².